The fourth-order valence-electron chi connectivity index (χ4n) is 4.38. The van der Waals surface area contributed by atoms with Gasteiger partial charge in [-0.2, -0.15) is 0 Å². The highest BCUT2D eigenvalue weighted by atomic mass is 32.1. The van der Waals surface area contributed by atoms with Crippen molar-refractivity contribution in [3.8, 4) is 23.0 Å². The van der Waals surface area contributed by atoms with E-state index >= 15 is 4.39 Å². The Balaban J connectivity index is 1.39. The van der Waals surface area contributed by atoms with E-state index in [0.717, 1.165) is 15.0 Å². The normalized spacial score (nSPS) is 12.7. The molecule has 2 unspecified atom stereocenters. The quantitative estimate of drug-likeness (QED) is 0.0985. The molecule has 9 nitrogen and oxygen atoms in total. The van der Waals surface area contributed by atoms with Crippen LogP contribution in [-0.4, -0.2) is 55.4 Å². The lowest BCUT2D eigenvalue weighted by atomic mass is 10.0. The SMILES string of the molecule is COc1cc2sc(C(=O)CC(C)C(=O)O)cc2cc1OCCCOc1c(OC)cc2sc(CCC(C)C(=O)O)cc2c1F. The number of ketones is 1. The molecule has 0 saturated carbocycles. The molecule has 4 rings (SSSR count). The Hall–Kier alpha value is -3.90. The predicted octanol–water partition coefficient (Wildman–Crippen LogP) is 7.07. The molecule has 0 aliphatic rings. The van der Waals surface area contributed by atoms with Gasteiger partial charge in [0.05, 0.1) is 44.1 Å². The largest absolute Gasteiger partial charge is 0.493 e. The zero-order valence-corrected chi connectivity index (χ0v) is 25.9. The molecule has 0 amide bonds. The van der Waals surface area contributed by atoms with Gasteiger partial charge in [-0.25, -0.2) is 4.39 Å². The Morgan fingerprint density at radius 3 is 2.19 bits per heavy atom. The van der Waals surface area contributed by atoms with Crippen molar-refractivity contribution in [2.45, 2.75) is 39.5 Å². The molecule has 2 aromatic carbocycles. The lowest BCUT2D eigenvalue weighted by molar-refractivity contribution is -0.142. The van der Waals surface area contributed by atoms with Gasteiger partial charge in [-0.3, -0.25) is 14.4 Å². The minimum atomic E-state index is -1.02. The summed E-state index contributed by atoms with van der Waals surface area (Å²) in [5.41, 5.74) is 0. The van der Waals surface area contributed by atoms with Gasteiger partial charge in [-0.05, 0) is 36.4 Å². The maximum Gasteiger partial charge on any atom is 0.306 e. The molecule has 2 aromatic heterocycles. The molecule has 0 aliphatic carbocycles. The highest BCUT2D eigenvalue weighted by Gasteiger charge is 2.21. The number of methoxy groups -OCH3 is 2. The molecule has 43 heavy (non-hydrogen) atoms. The molecule has 0 fully saturated rings. The number of carbonyl (C=O) groups is 3. The predicted molar refractivity (Wildman–Crippen MR) is 163 cm³/mol. The van der Waals surface area contributed by atoms with Gasteiger partial charge in [0.15, 0.2) is 34.6 Å². The molecule has 0 radical (unpaired) electrons. The Morgan fingerprint density at radius 1 is 0.837 bits per heavy atom. The number of aliphatic carboxylic acids is 2. The summed E-state index contributed by atoms with van der Waals surface area (Å²) in [6, 6.07) is 8.72. The first-order valence-corrected chi connectivity index (χ1v) is 15.3. The third kappa shape index (κ3) is 7.55. The van der Waals surface area contributed by atoms with Crippen LogP contribution >= 0.6 is 22.7 Å². The first-order chi connectivity index (χ1) is 20.5. The molecule has 0 aliphatic heterocycles. The van der Waals surface area contributed by atoms with E-state index in [4.69, 9.17) is 29.2 Å². The molecule has 2 atom stereocenters. The lowest BCUT2D eigenvalue weighted by Crippen LogP contribution is -2.13. The Kier molecular flexibility index (Phi) is 10.5. The topological polar surface area (TPSA) is 129 Å². The van der Waals surface area contributed by atoms with Crippen LogP contribution in [0, 0.1) is 17.7 Å². The number of hydrogen-bond donors (Lipinski definition) is 2. The fourth-order valence-corrected chi connectivity index (χ4v) is 6.51. The summed E-state index contributed by atoms with van der Waals surface area (Å²) in [6.07, 6.45) is 1.33. The van der Waals surface area contributed by atoms with E-state index in [1.807, 2.05) is 0 Å². The summed E-state index contributed by atoms with van der Waals surface area (Å²) in [5, 5.41) is 19.4. The number of benzene rings is 2. The van der Waals surface area contributed by atoms with Gasteiger partial charge in [-0.15, -0.1) is 22.7 Å². The maximum absolute atomic E-state index is 15.5. The van der Waals surface area contributed by atoms with Crippen LogP contribution in [0.25, 0.3) is 20.2 Å². The molecule has 2 heterocycles. The number of aryl methyl sites for hydroxylation is 1. The fraction of sp³-hybridized carbons (Fsp3) is 0.387. The number of carboxylic acid groups (broad SMARTS) is 2. The molecule has 4 aromatic rings. The number of ether oxygens (including phenoxy) is 4. The standard InChI is InChI=1S/C31H33FO9S2/c1-16(30(34)35)6-7-19-13-20-26(42-19)15-24(39-4)29(28(20)32)41-9-5-8-40-23-11-18-12-27(21(33)10-17(2)31(36)37)43-25(18)14-22(23)38-3/h11-17H,5-10H2,1-4H3,(H,34,35)(H,36,37). The van der Waals surface area contributed by atoms with Crippen LogP contribution in [0.2, 0.25) is 0 Å². The molecule has 0 bridgehead atoms. The number of carbonyl (C=O) groups excluding carboxylic acids is 1. The number of thiophene rings is 2. The van der Waals surface area contributed by atoms with Gasteiger partial charge in [0.1, 0.15) is 0 Å². The van der Waals surface area contributed by atoms with E-state index in [2.05, 4.69) is 0 Å². The van der Waals surface area contributed by atoms with Crippen LogP contribution in [0.1, 0.15) is 47.7 Å². The summed E-state index contributed by atoms with van der Waals surface area (Å²) in [7, 11) is 2.96. The van der Waals surface area contributed by atoms with E-state index in [0.29, 0.717) is 45.7 Å². The number of hydrogen-bond acceptors (Lipinski definition) is 9. The van der Waals surface area contributed by atoms with Gasteiger partial charge in [-0.1, -0.05) is 13.8 Å². The van der Waals surface area contributed by atoms with Crippen molar-refractivity contribution in [2.75, 3.05) is 27.4 Å². The first kappa shape index (κ1) is 32.0. The minimum absolute atomic E-state index is 0.00457. The van der Waals surface area contributed by atoms with Crippen LogP contribution in [-0.2, 0) is 16.0 Å². The Labute approximate surface area is 255 Å². The van der Waals surface area contributed by atoms with Gasteiger partial charge >= 0.3 is 11.9 Å². The smallest absolute Gasteiger partial charge is 0.306 e. The third-order valence-electron chi connectivity index (χ3n) is 6.98. The van der Waals surface area contributed by atoms with Crippen LogP contribution in [0.15, 0.2) is 30.3 Å². The summed E-state index contributed by atoms with van der Waals surface area (Å²) >= 11 is 2.67. The number of Topliss-reactive ketones (excluding diaryl/α,β-unsaturated/α-hetero) is 1. The number of rotatable bonds is 16. The average molecular weight is 633 g/mol. The van der Waals surface area contributed by atoms with Gasteiger partial charge in [0.25, 0.3) is 0 Å². The van der Waals surface area contributed by atoms with E-state index in [1.165, 1.54) is 43.8 Å². The number of halogens is 1. The minimum Gasteiger partial charge on any atom is -0.493 e. The van der Waals surface area contributed by atoms with Crippen LogP contribution in [0.5, 0.6) is 23.0 Å². The van der Waals surface area contributed by atoms with Crippen molar-refractivity contribution in [2.24, 2.45) is 11.8 Å². The van der Waals surface area contributed by atoms with Gasteiger partial charge < -0.3 is 29.2 Å². The summed E-state index contributed by atoms with van der Waals surface area (Å²) < 4.78 is 39.5. The summed E-state index contributed by atoms with van der Waals surface area (Å²) in [5.74, 6) is -2.67. The molecule has 0 spiro atoms. The Bertz CT molecular complexity index is 1640. The van der Waals surface area contributed by atoms with E-state index in [-0.39, 0.29) is 36.9 Å². The molecule has 0 saturated heterocycles. The second-order valence-electron chi connectivity index (χ2n) is 10.2. The Morgan fingerprint density at radius 2 is 1.51 bits per heavy atom. The van der Waals surface area contributed by atoms with E-state index in [9.17, 15) is 14.4 Å². The van der Waals surface area contributed by atoms with E-state index < -0.39 is 29.6 Å². The highest BCUT2D eigenvalue weighted by molar-refractivity contribution is 7.21. The van der Waals surface area contributed by atoms with Crippen molar-refractivity contribution < 1.29 is 47.9 Å². The average Bonchev–Trinajstić information content (AvgIpc) is 3.59. The second-order valence-corrected chi connectivity index (χ2v) is 12.4. The van der Waals surface area contributed by atoms with Gasteiger partial charge in [0.2, 0.25) is 0 Å². The number of fused-ring (bicyclic) bond motifs is 2. The van der Waals surface area contributed by atoms with Crippen molar-refractivity contribution in [1.29, 1.82) is 0 Å². The monoisotopic (exact) mass is 632 g/mol. The van der Waals surface area contributed by atoms with Crippen LogP contribution in [0.4, 0.5) is 4.39 Å². The number of carboxylic acids is 2. The van der Waals surface area contributed by atoms with Crippen LogP contribution in [0.3, 0.4) is 0 Å². The zero-order valence-electron chi connectivity index (χ0n) is 24.2. The first-order valence-electron chi connectivity index (χ1n) is 13.7. The third-order valence-corrected chi connectivity index (χ3v) is 9.26. The maximum atomic E-state index is 15.5. The van der Waals surface area contributed by atoms with Crippen molar-refractivity contribution >= 4 is 60.6 Å². The lowest BCUT2D eigenvalue weighted by Gasteiger charge is -2.13. The second kappa shape index (κ2) is 14.0. The van der Waals surface area contributed by atoms with Crippen molar-refractivity contribution in [3.05, 3.63) is 45.9 Å². The summed E-state index contributed by atoms with van der Waals surface area (Å²) in [4.78, 5) is 36.2. The molecular formula is C31H33FO9S2. The highest BCUT2D eigenvalue weighted by Crippen LogP contribution is 2.41. The zero-order chi connectivity index (χ0) is 31.3. The van der Waals surface area contributed by atoms with Crippen molar-refractivity contribution in [3.63, 3.8) is 0 Å². The van der Waals surface area contributed by atoms with Crippen LogP contribution < -0.4 is 18.9 Å². The van der Waals surface area contributed by atoms with Crippen molar-refractivity contribution in [1.82, 2.24) is 0 Å². The summed E-state index contributed by atoms with van der Waals surface area (Å²) in [6.45, 7) is 3.54. The molecule has 2 N–H and O–H groups in total. The molecule has 230 valence electrons. The molecular weight excluding hydrogens is 599 g/mol. The van der Waals surface area contributed by atoms with E-state index in [1.54, 1.807) is 37.3 Å². The van der Waals surface area contributed by atoms with Gasteiger partial charge in [0, 0.05) is 44.6 Å². The molecule has 12 heteroatoms.